The first-order chi connectivity index (χ1) is 6.79. The Bertz CT molecular complexity index is 117. The molecule has 2 aliphatic rings. The third-order valence-corrected chi connectivity index (χ3v) is 2.43. The molecule has 14 heavy (non-hydrogen) atoms. The van der Waals surface area contributed by atoms with E-state index >= 15 is 0 Å². The lowest BCUT2D eigenvalue weighted by Gasteiger charge is -2.26. The normalized spacial score (nSPS) is 33.0. The molecule has 84 valence electrons. The van der Waals surface area contributed by atoms with Crippen LogP contribution >= 0.6 is 0 Å². The maximum Gasteiger partial charge on any atom is 0.0167 e. The van der Waals surface area contributed by atoms with Gasteiger partial charge in [0, 0.05) is 51.4 Å². The van der Waals surface area contributed by atoms with Crippen LogP contribution in [0.4, 0.5) is 0 Å². The second kappa shape index (κ2) is 7.17. The van der Waals surface area contributed by atoms with Gasteiger partial charge in [-0.15, -0.1) is 0 Å². The highest BCUT2D eigenvalue weighted by atomic mass is 15.1. The van der Waals surface area contributed by atoms with E-state index in [1.807, 2.05) is 0 Å². The summed E-state index contributed by atoms with van der Waals surface area (Å²) in [5, 5.41) is 13.2. The number of hydrogen-bond acceptors (Lipinski definition) is 4. The van der Waals surface area contributed by atoms with E-state index in [-0.39, 0.29) is 0 Å². The summed E-state index contributed by atoms with van der Waals surface area (Å²) >= 11 is 0. The van der Waals surface area contributed by atoms with Gasteiger partial charge in [-0.1, -0.05) is 0 Å². The van der Waals surface area contributed by atoms with Crippen LogP contribution in [0.2, 0.25) is 0 Å². The molecule has 0 aromatic heterocycles. The maximum absolute atomic E-state index is 3.42. The first kappa shape index (κ1) is 11.9. The highest BCUT2D eigenvalue weighted by molar-refractivity contribution is 4.76. The molecule has 0 aromatic rings. The maximum atomic E-state index is 3.42. The highest BCUT2D eigenvalue weighted by Gasteiger charge is 2.11. The Morgan fingerprint density at radius 2 is 1.14 bits per heavy atom. The van der Waals surface area contributed by atoms with Gasteiger partial charge < -0.3 is 21.3 Å². The van der Waals surface area contributed by atoms with Crippen molar-refractivity contribution in [2.45, 2.75) is 25.9 Å². The van der Waals surface area contributed by atoms with Gasteiger partial charge >= 0.3 is 0 Å². The van der Waals surface area contributed by atoms with Gasteiger partial charge in [0.15, 0.2) is 0 Å². The molecule has 2 heterocycles. The van der Waals surface area contributed by atoms with Crippen LogP contribution in [-0.2, 0) is 0 Å². The molecule has 0 aliphatic carbocycles. The highest BCUT2D eigenvalue weighted by Crippen LogP contribution is 1.90. The molecule has 0 bridgehead atoms. The minimum atomic E-state index is 0.652. The summed E-state index contributed by atoms with van der Waals surface area (Å²) in [7, 11) is 0. The number of nitrogens with one attached hydrogen (secondary N) is 4. The van der Waals surface area contributed by atoms with Crippen molar-refractivity contribution in [2.24, 2.45) is 0 Å². The quantitative estimate of drug-likeness (QED) is 0.411. The molecule has 2 saturated heterocycles. The summed E-state index contributed by atoms with van der Waals surface area (Å²) in [5.74, 6) is 0. The van der Waals surface area contributed by atoms with Gasteiger partial charge in [0.05, 0.1) is 0 Å². The Labute approximate surface area is 87.2 Å². The Kier molecular flexibility index (Phi) is 6.10. The van der Waals surface area contributed by atoms with E-state index in [4.69, 9.17) is 0 Å². The van der Waals surface area contributed by atoms with E-state index in [1.165, 1.54) is 0 Å². The fraction of sp³-hybridized carbons (Fsp3) is 1.00. The number of rotatable bonds is 0. The van der Waals surface area contributed by atoms with E-state index in [1.54, 1.807) is 0 Å². The van der Waals surface area contributed by atoms with Crippen LogP contribution in [0.1, 0.15) is 13.8 Å². The summed E-state index contributed by atoms with van der Waals surface area (Å²) in [6.07, 6.45) is 0. The zero-order valence-corrected chi connectivity index (χ0v) is 9.40. The van der Waals surface area contributed by atoms with Gasteiger partial charge in [0.25, 0.3) is 0 Å². The molecule has 0 aromatic carbocycles. The van der Waals surface area contributed by atoms with E-state index in [9.17, 15) is 0 Å². The summed E-state index contributed by atoms with van der Waals surface area (Å²) in [5.41, 5.74) is 0. The molecule has 4 nitrogen and oxygen atoms in total. The van der Waals surface area contributed by atoms with Crippen molar-refractivity contribution in [1.82, 2.24) is 21.3 Å². The SMILES string of the molecule is C1CNCCN1.C[C@@H]1CNC[C@H](C)N1. The zero-order chi connectivity index (χ0) is 10.2. The third kappa shape index (κ3) is 5.54. The fourth-order valence-corrected chi connectivity index (χ4v) is 1.72. The minimum Gasteiger partial charge on any atom is -0.314 e. The summed E-state index contributed by atoms with van der Waals surface area (Å²) < 4.78 is 0. The van der Waals surface area contributed by atoms with Crippen molar-refractivity contribution in [3.05, 3.63) is 0 Å². The molecule has 0 amide bonds. The molecule has 0 spiro atoms. The van der Waals surface area contributed by atoms with E-state index in [2.05, 4.69) is 35.1 Å². The predicted molar refractivity (Wildman–Crippen MR) is 60.7 cm³/mol. The molecule has 0 unspecified atom stereocenters. The van der Waals surface area contributed by atoms with Crippen molar-refractivity contribution in [3.8, 4) is 0 Å². The molecule has 2 atom stereocenters. The molecule has 2 fully saturated rings. The van der Waals surface area contributed by atoms with Gasteiger partial charge in [0.1, 0.15) is 0 Å². The lowest BCUT2D eigenvalue weighted by molar-refractivity contribution is 0.370. The van der Waals surface area contributed by atoms with Gasteiger partial charge in [-0.3, -0.25) is 0 Å². The molecule has 0 radical (unpaired) electrons. The van der Waals surface area contributed by atoms with Crippen LogP contribution in [0.15, 0.2) is 0 Å². The van der Waals surface area contributed by atoms with Crippen molar-refractivity contribution in [3.63, 3.8) is 0 Å². The first-order valence-electron chi connectivity index (χ1n) is 5.67. The fourth-order valence-electron chi connectivity index (χ4n) is 1.72. The molecule has 4 N–H and O–H groups in total. The van der Waals surface area contributed by atoms with Crippen LogP contribution in [0, 0.1) is 0 Å². The topological polar surface area (TPSA) is 48.1 Å². The standard InChI is InChI=1S/C6H14N2.C4H10N2/c1-5-3-7-4-6(2)8-5;1-2-6-4-3-5-1/h5-8H,3-4H2,1-2H3;5-6H,1-4H2/t5-,6+;. The Hall–Kier alpha value is -0.160. The predicted octanol–water partition coefficient (Wildman–Crippen LogP) is -0.865. The lowest BCUT2D eigenvalue weighted by atomic mass is 10.2. The Morgan fingerprint density at radius 1 is 0.714 bits per heavy atom. The Morgan fingerprint density at radius 3 is 1.36 bits per heavy atom. The monoisotopic (exact) mass is 200 g/mol. The summed E-state index contributed by atoms with van der Waals surface area (Å²) in [6.45, 7) is 11.2. The molecular formula is C10H24N4. The van der Waals surface area contributed by atoms with Crippen molar-refractivity contribution < 1.29 is 0 Å². The minimum absolute atomic E-state index is 0.652. The average Bonchev–Trinajstić information content (AvgIpc) is 2.21. The van der Waals surface area contributed by atoms with E-state index in [0.29, 0.717) is 12.1 Å². The van der Waals surface area contributed by atoms with Gasteiger partial charge in [-0.25, -0.2) is 0 Å². The number of hydrogen-bond donors (Lipinski definition) is 4. The summed E-state index contributed by atoms with van der Waals surface area (Å²) in [6, 6.07) is 1.30. The average molecular weight is 200 g/mol. The van der Waals surface area contributed by atoms with E-state index in [0.717, 1.165) is 39.3 Å². The van der Waals surface area contributed by atoms with Gasteiger partial charge in [-0.2, -0.15) is 0 Å². The van der Waals surface area contributed by atoms with Crippen LogP contribution in [-0.4, -0.2) is 51.4 Å². The van der Waals surface area contributed by atoms with Gasteiger partial charge in [-0.05, 0) is 13.8 Å². The van der Waals surface area contributed by atoms with Crippen molar-refractivity contribution >= 4 is 0 Å². The molecular weight excluding hydrogens is 176 g/mol. The van der Waals surface area contributed by atoms with Crippen molar-refractivity contribution in [1.29, 1.82) is 0 Å². The molecule has 2 aliphatic heterocycles. The zero-order valence-electron chi connectivity index (χ0n) is 9.40. The van der Waals surface area contributed by atoms with Crippen molar-refractivity contribution in [2.75, 3.05) is 39.3 Å². The van der Waals surface area contributed by atoms with Gasteiger partial charge in [0.2, 0.25) is 0 Å². The second-order valence-corrected chi connectivity index (χ2v) is 4.13. The lowest BCUT2D eigenvalue weighted by Crippen LogP contribution is -2.52. The van der Waals surface area contributed by atoms with Crippen LogP contribution in [0.5, 0.6) is 0 Å². The van der Waals surface area contributed by atoms with Crippen LogP contribution in [0.3, 0.4) is 0 Å². The van der Waals surface area contributed by atoms with Crippen LogP contribution in [0.25, 0.3) is 0 Å². The molecule has 2 rings (SSSR count). The second-order valence-electron chi connectivity index (χ2n) is 4.13. The number of piperazine rings is 2. The first-order valence-corrected chi connectivity index (χ1v) is 5.67. The molecule has 4 heteroatoms. The molecule has 0 saturated carbocycles. The smallest absolute Gasteiger partial charge is 0.0167 e. The van der Waals surface area contributed by atoms with E-state index < -0.39 is 0 Å². The van der Waals surface area contributed by atoms with Crippen LogP contribution < -0.4 is 21.3 Å². The summed E-state index contributed by atoms with van der Waals surface area (Å²) in [4.78, 5) is 0. The Balaban J connectivity index is 0.000000146. The largest absolute Gasteiger partial charge is 0.314 e. The third-order valence-electron chi connectivity index (χ3n) is 2.43.